The molecule has 2 heterocycles. The van der Waals surface area contributed by atoms with Crippen LogP contribution in [0.15, 0.2) is 24.3 Å². The molecule has 0 saturated carbocycles. The third kappa shape index (κ3) is 3.91. The van der Waals surface area contributed by atoms with Gasteiger partial charge in [0, 0.05) is 6.42 Å². The second kappa shape index (κ2) is 7.53. The third-order valence-electron chi connectivity index (χ3n) is 4.88. The van der Waals surface area contributed by atoms with Gasteiger partial charge in [-0.15, -0.1) is 0 Å². The molecule has 1 fully saturated rings. The molecule has 0 radical (unpaired) electrons. The van der Waals surface area contributed by atoms with Crippen molar-refractivity contribution in [1.82, 2.24) is 10.6 Å². The van der Waals surface area contributed by atoms with E-state index >= 15 is 0 Å². The Labute approximate surface area is 166 Å². The Morgan fingerprint density at radius 2 is 1.86 bits per heavy atom. The van der Waals surface area contributed by atoms with Crippen molar-refractivity contribution in [2.75, 3.05) is 10.2 Å². The van der Waals surface area contributed by atoms with E-state index in [-0.39, 0.29) is 18.7 Å². The number of urea groups is 1. The van der Waals surface area contributed by atoms with Crippen molar-refractivity contribution in [3.8, 4) is 0 Å². The van der Waals surface area contributed by atoms with Crippen LogP contribution in [0.25, 0.3) is 0 Å². The molecule has 29 heavy (non-hydrogen) atoms. The lowest BCUT2D eigenvalue weighted by atomic mass is 9.95. The molecule has 2 aliphatic rings. The van der Waals surface area contributed by atoms with Crippen LogP contribution in [0.3, 0.4) is 0 Å². The smallest absolute Gasteiger partial charge is 0.322 e. The van der Waals surface area contributed by atoms with Gasteiger partial charge in [-0.3, -0.25) is 29.4 Å². The standard InChI is InChI=1S/C19H22N4O6/c1-10(29-14(24)9-8-12-15(25)22-18(28)21-12)16(26)23-13-7-5-4-6-11(13)20-17(27)19(23,2)3/h4-7,10,12H,8-9H2,1-3H3,(H,20,27)(H2,21,22,25,28)/t10-,12+/m0/s1. The molecule has 0 aliphatic carbocycles. The van der Waals surface area contributed by atoms with E-state index in [1.165, 1.54) is 11.8 Å². The highest BCUT2D eigenvalue weighted by Crippen LogP contribution is 2.37. The number of nitrogens with zero attached hydrogens (tertiary/aromatic N) is 1. The zero-order valence-electron chi connectivity index (χ0n) is 16.3. The van der Waals surface area contributed by atoms with Crippen LogP contribution in [-0.4, -0.2) is 47.4 Å². The highest BCUT2D eigenvalue weighted by atomic mass is 16.5. The summed E-state index contributed by atoms with van der Waals surface area (Å²) in [7, 11) is 0. The van der Waals surface area contributed by atoms with E-state index in [1.54, 1.807) is 38.1 Å². The number of hydrogen-bond donors (Lipinski definition) is 3. The number of anilines is 2. The molecule has 2 aliphatic heterocycles. The highest BCUT2D eigenvalue weighted by molar-refractivity contribution is 6.15. The van der Waals surface area contributed by atoms with Crippen LogP contribution in [0.5, 0.6) is 0 Å². The van der Waals surface area contributed by atoms with E-state index in [1.807, 2.05) is 0 Å². The van der Waals surface area contributed by atoms with Gasteiger partial charge in [0.2, 0.25) is 5.91 Å². The third-order valence-corrected chi connectivity index (χ3v) is 4.88. The molecule has 0 aromatic heterocycles. The van der Waals surface area contributed by atoms with Gasteiger partial charge < -0.3 is 15.4 Å². The fourth-order valence-electron chi connectivity index (χ4n) is 3.26. The number of ether oxygens (including phenoxy) is 1. The molecule has 0 bridgehead atoms. The number of rotatable bonds is 5. The zero-order chi connectivity index (χ0) is 21.3. The second-order valence-corrected chi connectivity index (χ2v) is 7.39. The Morgan fingerprint density at radius 3 is 2.52 bits per heavy atom. The molecule has 3 rings (SSSR count). The first-order valence-electron chi connectivity index (χ1n) is 9.16. The topological polar surface area (TPSA) is 134 Å². The number of benzene rings is 1. The van der Waals surface area contributed by atoms with E-state index in [4.69, 9.17) is 4.74 Å². The zero-order valence-corrected chi connectivity index (χ0v) is 16.3. The number of nitrogens with one attached hydrogen (secondary N) is 3. The number of carbonyl (C=O) groups excluding carboxylic acids is 5. The predicted octanol–water partition coefficient (Wildman–Crippen LogP) is 0.670. The van der Waals surface area contributed by atoms with Crippen molar-refractivity contribution in [2.45, 2.75) is 51.3 Å². The molecule has 0 unspecified atom stereocenters. The highest BCUT2D eigenvalue weighted by Gasteiger charge is 2.45. The first kappa shape index (κ1) is 20.3. The summed E-state index contributed by atoms with van der Waals surface area (Å²) < 4.78 is 5.22. The van der Waals surface area contributed by atoms with Crippen LogP contribution in [0.2, 0.25) is 0 Å². The first-order valence-corrected chi connectivity index (χ1v) is 9.16. The van der Waals surface area contributed by atoms with Crippen LogP contribution in [0.4, 0.5) is 16.2 Å². The molecule has 10 nitrogen and oxygen atoms in total. The molecule has 3 N–H and O–H groups in total. The lowest BCUT2D eigenvalue weighted by Gasteiger charge is -2.42. The maximum absolute atomic E-state index is 13.1. The SMILES string of the molecule is C[C@H](OC(=O)CC[C@H]1NC(=O)NC1=O)C(=O)N1c2ccccc2NC(=O)C1(C)C. The summed E-state index contributed by atoms with van der Waals surface area (Å²) in [4.78, 5) is 61.6. The van der Waals surface area contributed by atoms with Crippen molar-refractivity contribution in [2.24, 2.45) is 0 Å². The van der Waals surface area contributed by atoms with Crippen molar-refractivity contribution in [1.29, 1.82) is 0 Å². The fraction of sp³-hybridized carbons (Fsp3) is 0.421. The monoisotopic (exact) mass is 402 g/mol. The van der Waals surface area contributed by atoms with Gasteiger partial charge in [-0.05, 0) is 39.3 Å². The Kier molecular flexibility index (Phi) is 5.27. The fourth-order valence-corrected chi connectivity index (χ4v) is 3.26. The molecule has 0 spiro atoms. The summed E-state index contributed by atoms with van der Waals surface area (Å²) >= 11 is 0. The number of hydrogen-bond acceptors (Lipinski definition) is 6. The van der Waals surface area contributed by atoms with Gasteiger partial charge in [0.1, 0.15) is 11.6 Å². The van der Waals surface area contributed by atoms with Gasteiger partial charge >= 0.3 is 12.0 Å². The maximum atomic E-state index is 13.1. The summed E-state index contributed by atoms with van der Waals surface area (Å²) in [5, 5.41) is 7.22. The lowest BCUT2D eigenvalue weighted by molar-refractivity contribution is -0.154. The van der Waals surface area contributed by atoms with Crippen LogP contribution in [0.1, 0.15) is 33.6 Å². The average Bonchev–Trinajstić information content (AvgIpc) is 2.97. The Balaban J connectivity index is 1.67. The predicted molar refractivity (Wildman–Crippen MR) is 102 cm³/mol. The molecule has 1 saturated heterocycles. The van der Waals surface area contributed by atoms with E-state index in [0.29, 0.717) is 11.4 Å². The van der Waals surface area contributed by atoms with Crippen LogP contribution in [-0.2, 0) is 23.9 Å². The number of esters is 1. The number of carbonyl (C=O) groups is 5. The van der Waals surface area contributed by atoms with Crippen LogP contribution < -0.4 is 20.9 Å². The average molecular weight is 402 g/mol. The molecule has 1 aromatic rings. The normalized spacial score (nSPS) is 20.9. The summed E-state index contributed by atoms with van der Waals surface area (Å²) in [6, 6.07) is 5.44. The van der Waals surface area contributed by atoms with Gasteiger partial charge in [-0.25, -0.2) is 4.79 Å². The minimum Gasteiger partial charge on any atom is -0.453 e. The van der Waals surface area contributed by atoms with Crippen molar-refractivity contribution in [3.63, 3.8) is 0 Å². The van der Waals surface area contributed by atoms with E-state index < -0.39 is 41.5 Å². The van der Waals surface area contributed by atoms with Gasteiger partial charge in [-0.1, -0.05) is 12.1 Å². The molecular formula is C19H22N4O6. The minimum atomic E-state index is -1.18. The number of fused-ring (bicyclic) bond motifs is 1. The molecule has 2 atom stereocenters. The van der Waals surface area contributed by atoms with Gasteiger partial charge in [-0.2, -0.15) is 0 Å². The largest absolute Gasteiger partial charge is 0.453 e. The Morgan fingerprint density at radius 1 is 1.17 bits per heavy atom. The van der Waals surface area contributed by atoms with Crippen molar-refractivity contribution >= 4 is 41.1 Å². The first-order chi connectivity index (χ1) is 13.6. The van der Waals surface area contributed by atoms with E-state index in [0.717, 1.165) is 0 Å². The summed E-state index contributed by atoms with van der Waals surface area (Å²) in [5.41, 5.74) is -0.180. The number of amides is 5. The number of imide groups is 1. The van der Waals surface area contributed by atoms with Gasteiger partial charge in [0.15, 0.2) is 6.10 Å². The number of para-hydroxylation sites is 2. The van der Waals surface area contributed by atoms with Gasteiger partial charge in [0.25, 0.3) is 11.8 Å². The van der Waals surface area contributed by atoms with Gasteiger partial charge in [0.05, 0.1) is 11.4 Å². The summed E-state index contributed by atoms with van der Waals surface area (Å²) in [6.07, 6.45) is -1.25. The van der Waals surface area contributed by atoms with Crippen LogP contribution >= 0.6 is 0 Å². The lowest BCUT2D eigenvalue weighted by Crippen LogP contribution is -2.60. The molecule has 5 amide bonds. The van der Waals surface area contributed by atoms with E-state index in [9.17, 15) is 24.0 Å². The summed E-state index contributed by atoms with van der Waals surface area (Å²) in [5.74, 6) is -2.10. The Hall–Kier alpha value is -3.43. The summed E-state index contributed by atoms with van der Waals surface area (Å²) in [6.45, 7) is 4.63. The van der Waals surface area contributed by atoms with Crippen molar-refractivity contribution in [3.05, 3.63) is 24.3 Å². The van der Waals surface area contributed by atoms with E-state index in [2.05, 4.69) is 16.0 Å². The molecule has 1 aromatic carbocycles. The quantitative estimate of drug-likeness (QED) is 0.490. The molecule has 10 heteroatoms. The van der Waals surface area contributed by atoms with Crippen molar-refractivity contribution < 1.29 is 28.7 Å². The van der Waals surface area contributed by atoms with Crippen LogP contribution in [0, 0.1) is 0 Å². The Bertz CT molecular complexity index is 896. The minimum absolute atomic E-state index is 0.0533. The molecule has 154 valence electrons. The molecular weight excluding hydrogens is 380 g/mol. The second-order valence-electron chi connectivity index (χ2n) is 7.39. The maximum Gasteiger partial charge on any atom is 0.322 e.